The molecular weight excluding hydrogens is 326 g/mol. The average Bonchev–Trinajstić information content (AvgIpc) is 3.11. The molecule has 0 amide bonds. The van der Waals surface area contributed by atoms with Crippen LogP contribution in [0.5, 0.6) is 11.5 Å². The lowest BCUT2D eigenvalue weighted by molar-refractivity contribution is 0.105. The normalized spacial score (nSPS) is 18.7. The molecule has 1 saturated heterocycles. The topological polar surface area (TPSA) is 41.9 Å². The first-order valence-corrected chi connectivity index (χ1v) is 9.24. The van der Waals surface area contributed by atoms with Gasteiger partial charge in [-0.05, 0) is 62.1 Å². The van der Waals surface area contributed by atoms with Gasteiger partial charge < -0.3 is 14.6 Å². The molecular formula is C22H29NO3. The fourth-order valence-corrected chi connectivity index (χ4v) is 3.92. The van der Waals surface area contributed by atoms with Crippen molar-refractivity contribution in [3.8, 4) is 11.5 Å². The summed E-state index contributed by atoms with van der Waals surface area (Å²) in [6.07, 6.45) is 1.75. The molecule has 2 atom stereocenters. The summed E-state index contributed by atoms with van der Waals surface area (Å²) in [6, 6.07) is 12.7. The van der Waals surface area contributed by atoms with Crippen molar-refractivity contribution in [2.24, 2.45) is 0 Å². The second-order valence-electron chi connectivity index (χ2n) is 7.14. The third-order valence-corrected chi connectivity index (χ3v) is 5.36. The molecule has 0 aromatic heterocycles. The van der Waals surface area contributed by atoms with Crippen LogP contribution in [0.1, 0.15) is 47.2 Å². The van der Waals surface area contributed by atoms with Crippen molar-refractivity contribution in [1.82, 2.24) is 4.90 Å². The average molecular weight is 355 g/mol. The number of likely N-dealkylation sites (tertiary alicyclic amines) is 1. The van der Waals surface area contributed by atoms with Gasteiger partial charge in [0.1, 0.15) is 0 Å². The molecule has 2 aromatic rings. The first-order valence-electron chi connectivity index (χ1n) is 9.24. The largest absolute Gasteiger partial charge is 0.493 e. The van der Waals surface area contributed by atoms with Crippen molar-refractivity contribution in [3.63, 3.8) is 0 Å². The van der Waals surface area contributed by atoms with E-state index in [1.54, 1.807) is 14.2 Å². The number of rotatable bonds is 6. The van der Waals surface area contributed by atoms with Crippen LogP contribution in [0.25, 0.3) is 0 Å². The van der Waals surface area contributed by atoms with Crippen molar-refractivity contribution in [2.45, 2.75) is 38.8 Å². The summed E-state index contributed by atoms with van der Waals surface area (Å²) in [7, 11) is 3.32. The Bertz CT molecular complexity index is 759. The Morgan fingerprint density at radius 2 is 1.85 bits per heavy atom. The maximum absolute atomic E-state index is 10.8. The van der Waals surface area contributed by atoms with E-state index < -0.39 is 6.10 Å². The highest BCUT2D eigenvalue weighted by Gasteiger charge is 2.29. The van der Waals surface area contributed by atoms with E-state index in [0.29, 0.717) is 12.6 Å². The van der Waals surface area contributed by atoms with Gasteiger partial charge >= 0.3 is 0 Å². The van der Waals surface area contributed by atoms with Gasteiger partial charge in [-0.1, -0.05) is 29.8 Å². The molecule has 0 unspecified atom stereocenters. The van der Waals surface area contributed by atoms with Gasteiger partial charge in [-0.15, -0.1) is 0 Å². The van der Waals surface area contributed by atoms with Crippen LogP contribution < -0.4 is 9.47 Å². The molecule has 0 aliphatic carbocycles. The molecule has 26 heavy (non-hydrogen) atoms. The Balaban J connectivity index is 1.79. The highest BCUT2D eigenvalue weighted by atomic mass is 16.5. The number of aliphatic hydroxyl groups is 1. The molecule has 0 spiro atoms. The zero-order valence-corrected chi connectivity index (χ0v) is 16.2. The third kappa shape index (κ3) is 3.87. The van der Waals surface area contributed by atoms with Crippen LogP contribution in [0.4, 0.5) is 0 Å². The zero-order valence-electron chi connectivity index (χ0n) is 16.2. The Labute approximate surface area is 156 Å². The molecule has 4 heteroatoms. The quantitative estimate of drug-likeness (QED) is 0.844. The van der Waals surface area contributed by atoms with E-state index in [9.17, 15) is 5.11 Å². The summed E-state index contributed by atoms with van der Waals surface area (Å²) in [4.78, 5) is 2.38. The molecule has 0 saturated carbocycles. The van der Waals surface area contributed by atoms with Crippen molar-refractivity contribution in [3.05, 3.63) is 58.7 Å². The Kier molecular flexibility index (Phi) is 5.84. The van der Waals surface area contributed by atoms with E-state index in [0.717, 1.165) is 42.0 Å². The molecule has 1 aliphatic heterocycles. The number of nitrogens with zero attached hydrogens (tertiary/aromatic N) is 1. The highest BCUT2D eigenvalue weighted by Crippen LogP contribution is 2.37. The number of methoxy groups -OCH3 is 2. The van der Waals surface area contributed by atoms with Crippen LogP contribution in [-0.4, -0.2) is 37.3 Å². The molecule has 1 fully saturated rings. The summed E-state index contributed by atoms with van der Waals surface area (Å²) in [5, 5.41) is 10.8. The number of β-amino-alcohol motifs (C(OH)–C–C–N with tert-alkyl or cyclic N) is 1. The van der Waals surface area contributed by atoms with E-state index in [-0.39, 0.29) is 0 Å². The molecule has 1 heterocycles. The Morgan fingerprint density at radius 1 is 1.08 bits per heavy atom. The summed E-state index contributed by atoms with van der Waals surface area (Å²) >= 11 is 0. The fraction of sp³-hybridized carbons (Fsp3) is 0.455. The van der Waals surface area contributed by atoms with Gasteiger partial charge in [0.15, 0.2) is 11.5 Å². The SMILES string of the molecule is COc1ccc([C@@H]2CCCN2C[C@H](O)c2cc(C)ccc2C)cc1OC. The zero-order chi connectivity index (χ0) is 18.7. The van der Waals surface area contributed by atoms with Crippen LogP contribution in [0, 0.1) is 13.8 Å². The van der Waals surface area contributed by atoms with E-state index in [1.807, 2.05) is 6.07 Å². The second-order valence-corrected chi connectivity index (χ2v) is 7.14. The second kappa shape index (κ2) is 8.11. The molecule has 1 N–H and O–H groups in total. The fourth-order valence-electron chi connectivity index (χ4n) is 3.92. The lowest BCUT2D eigenvalue weighted by Gasteiger charge is -2.28. The molecule has 0 bridgehead atoms. The minimum absolute atomic E-state index is 0.301. The predicted molar refractivity (Wildman–Crippen MR) is 104 cm³/mol. The van der Waals surface area contributed by atoms with Gasteiger partial charge in [0.05, 0.1) is 20.3 Å². The summed E-state index contributed by atoms with van der Waals surface area (Å²) in [5.41, 5.74) is 4.57. The molecule has 0 radical (unpaired) electrons. The number of hydrogen-bond acceptors (Lipinski definition) is 4. The summed E-state index contributed by atoms with van der Waals surface area (Å²) < 4.78 is 10.8. The maximum Gasteiger partial charge on any atom is 0.161 e. The summed E-state index contributed by atoms with van der Waals surface area (Å²) in [5.74, 6) is 1.50. The third-order valence-electron chi connectivity index (χ3n) is 5.36. The van der Waals surface area contributed by atoms with Gasteiger partial charge in [-0.3, -0.25) is 4.90 Å². The maximum atomic E-state index is 10.8. The highest BCUT2D eigenvalue weighted by molar-refractivity contribution is 5.44. The van der Waals surface area contributed by atoms with Crippen LogP contribution in [0.3, 0.4) is 0 Å². The lowest BCUT2D eigenvalue weighted by Crippen LogP contribution is -2.28. The predicted octanol–water partition coefficient (Wildman–Crippen LogP) is 4.19. The summed E-state index contributed by atoms with van der Waals surface area (Å²) in [6.45, 7) is 5.77. The van der Waals surface area contributed by atoms with Crippen molar-refractivity contribution >= 4 is 0 Å². The van der Waals surface area contributed by atoms with E-state index in [2.05, 4.69) is 49.1 Å². The van der Waals surface area contributed by atoms with Crippen molar-refractivity contribution in [1.29, 1.82) is 0 Å². The number of ether oxygens (including phenoxy) is 2. The van der Waals surface area contributed by atoms with Crippen molar-refractivity contribution < 1.29 is 14.6 Å². The molecule has 3 rings (SSSR count). The number of hydrogen-bond donors (Lipinski definition) is 1. The molecule has 140 valence electrons. The standard InChI is InChI=1S/C22H29NO3/c1-15-7-8-16(2)18(12-15)20(24)14-23-11-5-6-19(23)17-9-10-21(25-3)22(13-17)26-4/h7-10,12-13,19-20,24H,5-6,11,14H2,1-4H3/t19-,20-/m0/s1. The van der Waals surface area contributed by atoms with Crippen molar-refractivity contribution in [2.75, 3.05) is 27.3 Å². The van der Waals surface area contributed by atoms with Gasteiger partial charge in [-0.2, -0.15) is 0 Å². The van der Waals surface area contributed by atoms with Gasteiger partial charge in [-0.25, -0.2) is 0 Å². The minimum atomic E-state index is -0.476. The molecule has 1 aliphatic rings. The van der Waals surface area contributed by atoms with E-state index in [1.165, 1.54) is 11.1 Å². The molecule has 2 aromatic carbocycles. The van der Waals surface area contributed by atoms with Gasteiger partial charge in [0, 0.05) is 12.6 Å². The molecule has 4 nitrogen and oxygen atoms in total. The van der Waals surface area contributed by atoms with Crippen LogP contribution >= 0.6 is 0 Å². The Morgan fingerprint density at radius 3 is 2.58 bits per heavy atom. The van der Waals surface area contributed by atoms with E-state index >= 15 is 0 Å². The number of aliphatic hydroxyl groups excluding tert-OH is 1. The van der Waals surface area contributed by atoms with Crippen LogP contribution in [0.2, 0.25) is 0 Å². The lowest BCUT2D eigenvalue weighted by atomic mass is 9.99. The monoisotopic (exact) mass is 355 g/mol. The van der Waals surface area contributed by atoms with Gasteiger partial charge in [0.25, 0.3) is 0 Å². The van der Waals surface area contributed by atoms with Crippen LogP contribution in [-0.2, 0) is 0 Å². The first kappa shape index (κ1) is 18.7. The van der Waals surface area contributed by atoms with E-state index in [4.69, 9.17) is 9.47 Å². The van der Waals surface area contributed by atoms with Crippen LogP contribution in [0.15, 0.2) is 36.4 Å². The first-order chi connectivity index (χ1) is 12.5. The minimum Gasteiger partial charge on any atom is -0.493 e. The number of aryl methyl sites for hydroxylation is 2. The Hall–Kier alpha value is -2.04. The smallest absolute Gasteiger partial charge is 0.161 e. The van der Waals surface area contributed by atoms with Gasteiger partial charge in [0.2, 0.25) is 0 Å². The number of benzene rings is 2.